The number of aryl methyl sites for hydroxylation is 2. The van der Waals surface area contributed by atoms with Crippen molar-refractivity contribution >= 4 is 62.3 Å². The Morgan fingerprint density at radius 2 is 1.49 bits per heavy atom. The third-order valence-electron chi connectivity index (χ3n) is 8.89. The summed E-state index contributed by atoms with van der Waals surface area (Å²) in [5.74, 6) is -0.874. The number of nitrogens with one attached hydrogen (secondary N) is 1. The van der Waals surface area contributed by atoms with Gasteiger partial charge in [-0.25, -0.2) is 8.42 Å². The number of carbonyl (C=O) groups excluding carboxylic acids is 2. The Kier molecular flexibility index (Phi) is 12.3. The number of nitrogens with zero attached hydrogens (tertiary/aromatic N) is 2. The second-order valence-corrected chi connectivity index (χ2v) is 15.7. The van der Waals surface area contributed by atoms with Gasteiger partial charge in [-0.15, -0.1) is 0 Å². The van der Waals surface area contributed by atoms with Crippen LogP contribution in [0.25, 0.3) is 0 Å². The van der Waals surface area contributed by atoms with E-state index >= 15 is 0 Å². The average molecular weight is 741 g/mol. The molecular formula is C38H40Cl3N3O4S. The molecule has 1 aliphatic rings. The molecule has 0 radical (unpaired) electrons. The summed E-state index contributed by atoms with van der Waals surface area (Å²) in [4.78, 5) is 30.6. The van der Waals surface area contributed by atoms with Gasteiger partial charge in [0.15, 0.2) is 0 Å². The molecule has 4 aromatic rings. The van der Waals surface area contributed by atoms with Crippen LogP contribution in [0.3, 0.4) is 0 Å². The van der Waals surface area contributed by atoms with Crippen LogP contribution in [0.15, 0.2) is 95.9 Å². The topological polar surface area (TPSA) is 86.8 Å². The maximum absolute atomic E-state index is 14.8. The quantitative estimate of drug-likeness (QED) is 0.158. The van der Waals surface area contributed by atoms with Gasteiger partial charge in [-0.05, 0) is 85.8 Å². The van der Waals surface area contributed by atoms with E-state index in [0.717, 1.165) is 47.5 Å². The smallest absolute Gasteiger partial charge is 0.264 e. The van der Waals surface area contributed by atoms with E-state index in [-0.39, 0.29) is 29.8 Å². The number of amides is 2. The largest absolute Gasteiger partial charge is 0.352 e. The lowest BCUT2D eigenvalue weighted by Gasteiger charge is -2.35. The fourth-order valence-electron chi connectivity index (χ4n) is 6.18. The van der Waals surface area contributed by atoms with Gasteiger partial charge in [-0.3, -0.25) is 13.9 Å². The molecule has 2 amide bonds. The highest BCUT2D eigenvalue weighted by molar-refractivity contribution is 7.92. The normalized spacial score (nSPS) is 14.2. The molecule has 0 aliphatic heterocycles. The maximum Gasteiger partial charge on any atom is 0.264 e. The summed E-state index contributed by atoms with van der Waals surface area (Å²) < 4.78 is 29.8. The molecule has 1 saturated carbocycles. The number of hydrogen-bond acceptors (Lipinski definition) is 4. The van der Waals surface area contributed by atoms with Gasteiger partial charge in [0.25, 0.3) is 10.0 Å². The molecule has 1 aliphatic carbocycles. The summed E-state index contributed by atoms with van der Waals surface area (Å²) in [6.45, 7) is 2.98. The van der Waals surface area contributed by atoms with Crippen LogP contribution < -0.4 is 9.62 Å². The molecule has 0 unspecified atom stereocenters. The highest BCUT2D eigenvalue weighted by Gasteiger charge is 2.36. The van der Waals surface area contributed by atoms with Crippen LogP contribution in [-0.2, 0) is 32.6 Å². The number of benzene rings is 4. The zero-order valence-electron chi connectivity index (χ0n) is 27.5. The second-order valence-electron chi connectivity index (χ2n) is 12.6. The molecule has 1 atom stereocenters. The molecule has 5 rings (SSSR count). The number of carbonyl (C=O) groups is 2. The molecule has 0 spiro atoms. The molecule has 0 aromatic heterocycles. The molecule has 1 N–H and O–H groups in total. The van der Waals surface area contributed by atoms with Crippen molar-refractivity contribution in [1.29, 1.82) is 0 Å². The van der Waals surface area contributed by atoms with Gasteiger partial charge in [0.2, 0.25) is 11.8 Å². The molecular weight excluding hydrogens is 701 g/mol. The Morgan fingerprint density at radius 1 is 0.837 bits per heavy atom. The standard InChI is InChI=1S/C38H40Cl3N3O4S/c1-26-13-18-33(19-14-26)49(47,48)44(35-20-17-30(39)21-27(35)2)25-37(45)43(24-29-15-16-31(40)23-34(29)41)36(22-28-9-5-3-6-10-28)38(46)42-32-11-7-4-8-12-32/h3,5-6,9-10,13-21,23,32,36H,4,7-8,11-12,22,24-25H2,1-2H3,(H,42,46)/t36-/m1/s1. The number of hydrogen-bond donors (Lipinski definition) is 1. The zero-order chi connectivity index (χ0) is 35.1. The minimum Gasteiger partial charge on any atom is -0.352 e. The summed E-state index contributed by atoms with van der Waals surface area (Å²) in [6.07, 6.45) is 5.08. The Morgan fingerprint density at radius 3 is 2.14 bits per heavy atom. The first-order chi connectivity index (χ1) is 23.4. The first kappa shape index (κ1) is 36.7. The summed E-state index contributed by atoms with van der Waals surface area (Å²) >= 11 is 19.1. The van der Waals surface area contributed by atoms with Crippen LogP contribution in [0.4, 0.5) is 5.69 Å². The van der Waals surface area contributed by atoms with Crippen molar-refractivity contribution in [2.45, 2.75) is 75.9 Å². The van der Waals surface area contributed by atoms with Crippen molar-refractivity contribution in [2.24, 2.45) is 0 Å². The van der Waals surface area contributed by atoms with Crippen molar-refractivity contribution in [2.75, 3.05) is 10.8 Å². The van der Waals surface area contributed by atoms with Crippen LogP contribution in [0, 0.1) is 13.8 Å². The summed E-state index contributed by atoms with van der Waals surface area (Å²) in [6, 6.07) is 24.8. The van der Waals surface area contributed by atoms with E-state index in [1.54, 1.807) is 55.5 Å². The minimum absolute atomic E-state index is 0.00859. The fraction of sp³-hybridized carbons (Fsp3) is 0.316. The minimum atomic E-state index is -4.25. The molecule has 0 saturated heterocycles. The van der Waals surface area contributed by atoms with E-state index in [2.05, 4.69) is 5.32 Å². The number of anilines is 1. The highest BCUT2D eigenvalue weighted by atomic mass is 35.5. The fourth-order valence-corrected chi connectivity index (χ4v) is 8.35. The predicted molar refractivity (Wildman–Crippen MR) is 198 cm³/mol. The van der Waals surface area contributed by atoms with Crippen LogP contribution in [0.2, 0.25) is 15.1 Å². The van der Waals surface area contributed by atoms with Crippen LogP contribution in [0.5, 0.6) is 0 Å². The van der Waals surface area contributed by atoms with Crippen LogP contribution >= 0.6 is 34.8 Å². The molecule has 0 bridgehead atoms. The van der Waals surface area contributed by atoms with E-state index < -0.39 is 28.5 Å². The van der Waals surface area contributed by atoms with Crippen molar-refractivity contribution in [3.05, 3.63) is 128 Å². The van der Waals surface area contributed by atoms with E-state index in [1.165, 1.54) is 17.0 Å². The van der Waals surface area contributed by atoms with Crippen molar-refractivity contribution in [3.63, 3.8) is 0 Å². The molecule has 1 fully saturated rings. The summed E-state index contributed by atoms with van der Waals surface area (Å²) in [5, 5.41) is 4.40. The molecule has 7 nitrogen and oxygen atoms in total. The van der Waals surface area contributed by atoms with Crippen LogP contribution in [-0.4, -0.2) is 43.8 Å². The van der Waals surface area contributed by atoms with Gasteiger partial charge in [-0.1, -0.05) is 108 Å². The lowest BCUT2D eigenvalue weighted by Crippen LogP contribution is -2.55. The van der Waals surface area contributed by atoms with E-state index in [9.17, 15) is 18.0 Å². The monoisotopic (exact) mass is 739 g/mol. The van der Waals surface area contributed by atoms with Crippen LogP contribution in [0.1, 0.15) is 54.4 Å². The van der Waals surface area contributed by atoms with Gasteiger partial charge in [0, 0.05) is 34.1 Å². The molecule has 11 heteroatoms. The molecule has 49 heavy (non-hydrogen) atoms. The average Bonchev–Trinajstić information content (AvgIpc) is 3.07. The van der Waals surface area contributed by atoms with Gasteiger partial charge < -0.3 is 10.2 Å². The lowest BCUT2D eigenvalue weighted by molar-refractivity contribution is -0.140. The van der Waals surface area contributed by atoms with Crippen molar-refractivity contribution < 1.29 is 18.0 Å². The maximum atomic E-state index is 14.8. The summed E-state index contributed by atoms with van der Waals surface area (Å²) in [5.41, 5.74) is 3.18. The van der Waals surface area contributed by atoms with Gasteiger partial charge >= 0.3 is 0 Å². The Balaban J connectivity index is 1.60. The number of halogens is 3. The van der Waals surface area contributed by atoms with Crippen molar-refractivity contribution in [3.8, 4) is 0 Å². The van der Waals surface area contributed by atoms with Crippen molar-refractivity contribution in [1.82, 2.24) is 10.2 Å². The van der Waals surface area contributed by atoms with Gasteiger partial charge in [0.05, 0.1) is 10.6 Å². The van der Waals surface area contributed by atoms with Gasteiger partial charge in [0.1, 0.15) is 12.6 Å². The molecule has 4 aromatic carbocycles. The molecule has 258 valence electrons. The Bertz CT molecular complexity index is 1880. The Labute approximate surface area is 304 Å². The number of rotatable bonds is 12. The predicted octanol–water partition coefficient (Wildman–Crippen LogP) is 8.55. The first-order valence-corrected chi connectivity index (χ1v) is 18.9. The van der Waals surface area contributed by atoms with E-state index in [0.29, 0.717) is 31.9 Å². The van der Waals surface area contributed by atoms with Gasteiger partial charge in [-0.2, -0.15) is 0 Å². The summed E-state index contributed by atoms with van der Waals surface area (Å²) in [7, 11) is -4.25. The zero-order valence-corrected chi connectivity index (χ0v) is 30.6. The second kappa shape index (κ2) is 16.4. The number of sulfonamides is 1. The van der Waals surface area contributed by atoms with E-state index in [4.69, 9.17) is 34.8 Å². The molecule has 0 heterocycles. The Hall–Kier alpha value is -3.56. The third-order valence-corrected chi connectivity index (χ3v) is 11.5. The highest BCUT2D eigenvalue weighted by Crippen LogP contribution is 2.31. The lowest BCUT2D eigenvalue weighted by atomic mass is 9.94. The third kappa shape index (κ3) is 9.37. The SMILES string of the molecule is Cc1ccc(S(=O)(=O)N(CC(=O)N(Cc2ccc(Cl)cc2Cl)[C@H](Cc2ccccc2)C(=O)NC2CCCCC2)c2ccc(Cl)cc2C)cc1. The van der Waals surface area contributed by atoms with E-state index in [1.807, 2.05) is 37.3 Å². The first-order valence-electron chi connectivity index (χ1n) is 16.4.